The molecule has 76 valence electrons. The van der Waals surface area contributed by atoms with Crippen molar-refractivity contribution < 1.29 is 5.11 Å². The van der Waals surface area contributed by atoms with Crippen LogP contribution >= 0.6 is 31.9 Å². The number of phenolic OH excluding ortho intramolecular Hbond substituents is 1. The molecule has 2 N–H and O–H groups in total. The summed E-state index contributed by atoms with van der Waals surface area (Å²) < 4.78 is 1.90. The first-order valence-electron chi connectivity index (χ1n) is 4.11. The molecule has 2 nitrogen and oxygen atoms in total. The van der Waals surface area contributed by atoms with Crippen LogP contribution in [0.1, 0.15) is 5.56 Å². The van der Waals surface area contributed by atoms with Crippen LogP contribution < -0.4 is 5.32 Å². The Hall–Kier alpha value is -0.320. The van der Waals surface area contributed by atoms with Crippen molar-refractivity contribution in [3.8, 4) is 5.75 Å². The van der Waals surface area contributed by atoms with E-state index < -0.39 is 0 Å². The average molecular weight is 321 g/mol. The number of halogens is 2. The monoisotopic (exact) mass is 319 g/mol. The van der Waals surface area contributed by atoms with Gasteiger partial charge in [0.1, 0.15) is 5.75 Å². The Kier molecular flexibility index (Phi) is 4.65. The minimum atomic E-state index is 0.280. The molecular formula is C10H11Br2NO. The highest BCUT2D eigenvalue weighted by Crippen LogP contribution is 2.21. The lowest BCUT2D eigenvalue weighted by Crippen LogP contribution is -2.14. The second-order valence-electron chi connectivity index (χ2n) is 2.90. The van der Waals surface area contributed by atoms with Gasteiger partial charge in [-0.15, -0.1) is 0 Å². The van der Waals surface area contributed by atoms with Crippen LogP contribution in [0.15, 0.2) is 33.7 Å². The molecule has 0 aliphatic heterocycles. The Morgan fingerprint density at radius 1 is 1.50 bits per heavy atom. The quantitative estimate of drug-likeness (QED) is 0.893. The maximum atomic E-state index is 9.27. The van der Waals surface area contributed by atoms with E-state index in [1.807, 2.05) is 6.07 Å². The Morgan fingerprint density at radius 2 is 2.21 bits per heavy atom. The summed E-state index contributed by atoms with van der Waals surface area (Å²) in [6.07, 6.45) is 0. The van der Waals surface area contributed by atoms with Crippen molar-refractivity contribution in [1.29, 1.82) is 0 Å². The molecule has 0 atom stereocenters. The first-order valence-corrected chi connectivity index (χ1v) is 5.69. The van der Waals surface area contributed by atoms with Crippen LogP contribution in [0.2, 0.25) is 0 Å². The van der Waals surface area contributed by atoms with E-state index in [-0.39, 0.29) is 5.75 Å². The first-order chi connectivity index (χ1) is 6.59. The predicted molar refractivity (Wildman–Crippen MR) is 65.6 cm³/mol. The molecule has 1 aromatic rings. The van der Waals surface area contributed by atoms with Crippen molar-refractivity contribution in [2.45, 2.75) is 6.54 Å². The molecule has 14 heavy (non-hydrogen) atoms. The molecule has 0 aliphatic rings. The van der Waals surface area contributed by atoms with Gasteiger partial charge in [0.25, 0.3) is 0 Å². The van der Waals surface area contributed by atoms with E-state index in [1.165, 1.54) is 0 Å². The van der Waals surface area contributed by atoms with Gasteiger partial charge in [-0.25, -0.2) is 0 Å². The Morgan fingerprint density at radius 3 is 2.86 bits per heavy atom. The Bertz CT molecular complexity index is 339. The summed E-state index contributed by atoms with van der Waals surface area (Å²) in [5.74, 6) is 0.280. The van der Waals surface area contributed by atoms with Gasteiger partial charge >= 0.3 is 0 Å². The van der Waals surface area contributed by atoms with Gasteiger partial charge in [0, 0.05) is 22.0 Å². The van der Waals surface area contributed by atoms with E-state index in [9.17, 15) is 5.11 Å². The summed E-state index contributed by atoms with van der Waals surface area (Å²) in [7, 11) is 0. The van der Waals surface area contributed by atoms with E-state index in [2.05, 4.69) is 43.8 Å². The zero-order valence-corrected chi connectivity index (χ0v) is 10.7. The fraction of sp³-hybridized carbons (Fsp3) is 0.200. The molecule has 0 saturated heterocycles. The van der Waals surface area contributed by atoms with Crippen molar-refractivity contribution in [1.82, 2.24) is 5.32 Å². The number of nitrogens with one attached hydrogen (secondary N) is 1. The van der Waals surface area contributed by atoms with Crippen molar-refractivity contribution in [3.05, 3.63) is 39.3 Å². The average Bonchev–Trinajstić information content (AvgIpc) is 2.10. The first kappa shape index (κ1) is 11.8. The van der Waals surface area contributed by atoms with Crippen molar-refractivity contribution in [2.24, 2.45) is 0 Å². The van der Waals surface area contributed by atoms with Crippen LogP contribution in [0, 0.1) is 0 Å². The van der Waals surface area contributed by atoms with Gasteiger partial charge in [0.15, 0.2) is 0 Å². The minimum absolute atomic E-state index is 0.280. The largest absolute Gasteiger partial charge is 0.508 e. The molecule has 0 spiro atoms. The van der Waals surface area contributed by atoms with Gasteiger partial charge in [0.05, 0.1) is 0 Å². The van der Waals surface area contributed by atoms with Crippen LogP contribution in [0.5, 0.6) is 5.75 Å². The molecule has 1 rings (SSSR count). The third-order valence-corrected chi connectivity index (χ3v) is 2.72. The van der Waals surface area contributed by atoms with E-state index in [1.54, 1.807) is 12.1 Å². The molecule has 1 aromatic carbocycles. The highest BCUT2D eigenvalue weighted by Gasteiger charge is 2.00. The molecule has 0 aliphatic carbocycles. The molecule has 0 unspecified atom stereocenters. The maximum absolute atomic E-state index is 9.27. The summed E-state index contributed by atoms with van der Waals surface area (Å²) in [5, 5.41) is 12.5. The molecular weight excluding hydrogens is 310 g/mol. The summed E-state index contributed by atoms with van der Waals surface area (Å²) in [4.78, 5) is 0. The number of aromatic hydroxyl groups is 1. The van der Waals surface area contributed by atoms with Gasteiger partial charge in [-0.2, -0.15) is 0 Å². The predicted octanol–water partition coefficient (Wildman–Crippen LogP) is 3.15. The normalized spacial score (nSPS) is 10.1. The van der Waals surface area contributed by atoms with Gasteiger partial charge in [-0.1, -0.05) is 38.4 Å². The second-order valence-corrected chi connectivity index (χ2v) is 4.87. The molecule has 0 saturated carbocycles. The lowest BCUT2D eigenvalue weighted by atomic mass is 10.2. The van der Waals surface area contributed by atoms with E-state index in [0.29, 0.717) is 13.1 Å². The zero-order chi connectivity index (χ0) is 10.6. The number of rotatable bonds is 4. The van der Waals surface area contributed by atoms with Crippen LogP contribution in [0.4, 0.5) is 0 Å². The number of hydrogen-bond acceptors (Lipinski definition) is 2. The van der Waals surface area contributed by atoms with Gasteiger partial charge in [0.2, 0.25) is 0 Å². The summed E-state index contributed by atoms with van der Waals surface area (Å²) in [6.45, 7) is 5.12. The van der Waals surface area contributed by atoms with Gasteiger partial charge in [-0.05, 0) is 23.8 Å². The fourth-order valence-corrected chi connectivity index (χ4v) is 1.61. The molecule has 0 heterocycles. The molecule has 0 radical (unpaired) electrons. The van der Waals surface area contributed by atoms with Crippen LogP contribution in [0.25, 0.3) is 0 Å². The maximum Gasteiger partial charge on any atom is 0.115 e. The van der Waals surface area contributed by atoms with Crippen LogP contribution in [-0.2, 0) is 6.54 Å². The van der Waals surface area contributed by atoms with Gasteiger partial charge < -0.3 is 10.4 Å². The van der Waals surface area contributed by atoms with Crippen LogP contribution in [0.3, 0.4) is 0 Å². The minimum Gasteiger partial charge on any atom is -0.508 e. The Balaban J connectivity index is 2.57. The molecule has 0 fully saturated rings. The summed E-state index contributed by atoms with van der Waals surface area (Å²) in [5.41, 5.74) is 1.03. The van der Waals surface area contributed by atoms with Crippen molar-refractivity contribution in [3.63, 3.8) is 0 Å². The van der Waals surface area contributed by atoms with Crippen molar-refractivity contribution in [2.75, 3.05) is 6.54 Å². The SMILES string of the molecule is C=C(Br)CNCc1cc(O)ccc1Br. The second kappa shape index (κ2) is 5.53. The van der Waals surface area contributed by atoms with Crippen molar-refractivity contribution >= 4 is 31.9 Å². The lowest BCUT2D eigenvalue weighted by molar-refractivity contribution is 0.474. The molecule has 4 heteroatoms. The zero-order valence-electron chi connectivity index (χ0n) is 7.56. The van der Waals surface area contributed by atoms with Gasteiger partial charge in [-0.3, -0.25) is 0 Å². The molecule has 0 aromatic heterocycles. The number of phenols is 1. The van der Waals surface area contributed by atoms with Crippen LogP contribution in [-0.4, -0.2) is 11.7 Å². The molecule has 0 amide bonds. The fourth-order valence-electron chi connectivity index (χ4n) is 1.03. The standard InChI is InChI=1S/C10H11Br2NO/c1-7(11)5-13-6-8-4-9(14)2-3-10(8)12/h2-4,13-14H,1,5-6H2. The van der Waals surface area contributed by atoms with E-state index in [0.717, 1.165) is 14.5 Å². The smallest absolute Gasteiger partial charge is 0.115 e. The summed E-state index contributed by atoms with van der Waals surface area (Å²) >= 11 is 6.68. The molecule has 0 bridgehead atoms. The third kappa shape index (κ3) is 3.82. The summed E-state index contributed by atoms with van der Waals surface area (Å²) in [6, 6.07) is 5.21. The van der Waals surface area contributed by atoms with E-state index in [4.69, 9.17) is 0 Å². The number of benzene rings is 1. The topological polar surface area (TPSA) is 32.3 Å². The van der Waals surface area contributed by atoms with E-state index >= 15 is 0 Å². The lowest BCUT2D eigenvalue weighted by Gasteiger charge is -2.06. The highest BCUT2D eigenvalue weighted by atomic mass is 79.9. The Labute approximate surface area is 100 Å². The third-order valence-electron chi connectivity index (χ3n) is 1.66. The highest BCUT2D eigenvalue weighted by molar-refractivity contribution is 9.11. The number of hydrogen-bond donors (Lipinski definition) is 2.